The van der Waals surface area contributed by atoms with Crippen LogP contribution in [-0.4, -0.2) is 15.6 Å². The van der Waals surface area contributed by atoms with E-state index in [2.05, 4.69) is 52.0 Å². The molecule has 0 N–H and O–H groups in total. The Labute approximate surface area is 129 Å². The van der Waals surface area contributed by atoms with Crippen molar-refractivity contribution in [3.05, 3.63) is 18.0 Å². The van der Waals surface area contributed by atoms with Gasteiger partial charge >= 0.3 is 0 Å². The van der Waals surface area contributed by atoms with Crippen LogP contribution in [0.4, 0.5) is 0 Å². The van der Waals surface area contributed by atoms with Crippen LogP contribution in [0, 0.1) is 17.3 Å². The second-order valence-corrected chi connectivity index (χ2v) is 7.75. The average Bonchev–Trinajstić information content (AvgIpc) is 2.87. The van der Waals surface area contributed by atoms with E-state index in [9.17, 15) is 4.79 Å². The molecule has 0 radical (unpaired) electrons. The lowest BCUT2D eigenvalue weighted by Gasteiger charge is -2.36. The predicted molar refractivity (Wildman–Crippen MR) is 86.2 cm³/mol. The molecule has 1 aromatic heterocycles. The van der Waals surface area contributed by atoms with Crippen LogP contribution in [0.15, 0.2) is 12.3 Å². The van der Waals surface area contributed by atoms with E-state index in [4.69, 9.17) is 0 Å². The van der Waals surface area contributed by atoms with Gasteiger partial charge in [-0.2, -0.15) is 5.10 Å². The van der Waals surface area contributed by atoms with Crippen LogP contribution in [0.2, 0.25) is 0 Å². The molecule has 1 fully saturated rings. The Hall–Kier alpha value is -1.12. The molecule has 3 unspecified atom stereocenters. The minimum absolute atomic E-state index is 0.170. The summed E-state index contributed by atoms with van der Waals surface area (Å²) in [6, 6.07) is 2.52. The Kier molecular flexibility index (Phi) is 4.90. The molecular formula is C18H30N2O. The SMILES string of the molecule is CCC(C)n1ccc(CC2CC(C(C)(C)C)CCC2=O)n1. The van der Waals surface area contributed by atoms with Gasteiger partial charge in [0, 0.05) is 31.0 Å². The van der Waals surface area contributed by atoms with Crippen molar-refractivity contribution in [3.63, 3.8) is 0 Å². The number of rotatable bonds is 4. The zero-order valence-corrected chi connectivity index (χ0v) is 14.2. The number of Topliss-reactive ketones (excluding diaryl/α,β-unsaturated/α-hetero) is 1. The van der Waals surface area contributed by atoms with Crippen LogP contribution in [-0.2, 0) is 11.2 Å². The van der Waals surface area contributed by atoms with Crippen LogP contribution < -0.4 is 0 Å². The number of hydrogen-bond acceptors (Lipinski definition) is 2. The molecule has 3 nitrogen and oxygen atoms in total. The molecule has 3 atom stereocenters. The summed E-state index contributed by atoms with van der Waals surface area (Å²) in [6.45, 7) is 11.2. The van der Waals surface area contributed by atoms with Crippen molar-refractivity contribution < 1.29 is 4.79 Å². The standard InChI is InChI=1S/C18H30N2O/c1-6-13(2)20-10-9-16(19-20)12-14-11-15(18(3,4)5)7-8-17(14)21/h9-10,13-15H,6-8,11-12H2,1-5H3. The molecule has 1 aromatic rings. The van der Waals surface area contributed by atoms with Gasteiger partial charge in [0.15, 0.2) is 0 Å². The lowest BCUT2D eigenvalue weighted by molar-refractivity contribution is -0.126. The molecule has 1 aliphatic rings. The first-order chi connectivity index (χ1) is 9.81. The van der Waals surface area contributed by atoms with Gasteiger partial charge in [-0.25, -0.2) is 0 Å². The summed E-state index contributed by atoms with van der Waals surface area (Å²) in [4.78, 5) is 12.2. The zero-order valence-electron chi connectivity index (χ0n) is 14.2. The molecule has 0 aliphatic heterocycles. The van der Waals surface area contributed by atoms with Gasteiger partial charge in [-0.15, -0.1) is 0 Å². The van der Waals surface area contributed by atoms with Crippen LogP contribution in [0.25, 0.3) is 0 Å². The van der Waals surface area contributed by atoms with Gasteiger partial charge in [0.1, 0.15) is 5.78 Å². The minimum Gasteiger partial charge on any atom is -0.299 e. The number of carbonyl (C=O) groups excluding carboxylic acids is 1. The van der Waals surface area contributed by atoms with E-state index in [1.165, 1.54) is 0 Å². The fourth-order valence-corrected chi connectivity index (χ4v) is 3.27. The second kappa shape index (κ2) is 6.33. The van der Waals surface area contributed by atoms with E-state index in [1.807, 2.05) is 4.68 Å². The van der Waals surface area contributed by atoms with Crippen molar-refractivity contribution in [2.75, 3.05) is 0 Å². The van der Waals surface area contributed by atoms with Gasteiger partial charge in [0.05, 0.1) is 5.69 Å². The average molecular weight is 290 g/mol. The molecule has 118 valence electrons. The Morgan fingerprint density at radius 2 is 2.14 bits per heavy atom. The lowest BCUT2D eigenvalue weighted by atomic mass is 9.68. The fraction of sp³-hybridized carbons (Fsp3) is 0.778. The first kappa shape index (κ1) is 16.3. The van der Waals surface area contributed by atoms with E-state index in [0.29, 0.717) is 23.2 Å². The van der Waals surface area contributed by atoms with Gasteiger partial charge < -0.3 is 0 Å². The highest BCUT2D eigenvalue weighted by Gasteiger charge is 2.35. The summed E-state index contributed by atoms with van der Waals surface area (Å²) in [7, 11) is 0. The predicted octanol–water partition coefficient (Wildman–Crippen LogP) is 4.43. The summed E-state index contributed by atoms with van der Waals surface area (Å²) < 4.78 is 2.03. The van der Waals surface area contributed by atoms with E-state index in [-0.39, 0.29) is 5.92 Å². The van der Waals surface area contributed by atoms with E-state index in [0.717, 1.165) is 37.8 Å². The van der Waals surface area contributed by atoms with Gasteiger partial charge in [0.2, 0.25) is 0 Å². The summed E-state index contributed by atoms with van der Waals surface area (Å²) in [5.74, 6) is 1.26. The Morgan fingerprint density at radius 3 is 2.76 bits per heavy atom. The second-order valence-electron chi connectivity index (χ2n) is 7.75. The number of hydrogen-bond donors (Lipinski definition) is 0. The highest BCUT2D eigenvalue weighted by molar-refractivity contribution is 5.82. The highest BCUT2D eigenvalue weighted by Crippen LogP contribution is 2.39. The first-order valence-electron chi connectivity index (χ1n) is 8.38. The summed E-state index contributed by atoms with van der Waals surface area (Å²) in [5, 5.41) is 4.66. The lowest BCUT2D eigenvalue weighted by Crippen LogP contribution is -2.33. The molecule has 1 saturated carbocycles. The zero-order chi connectivity index (χ0) is 15.6. The molecule has 0 spiro atoms. The summed E-state index contributed by atoms with van der Waals surface area (Å²) >= 11 is 0. The topological polar surface area (TPSA) is 34.9 Å². The van der Waals surface area contributed by atoms with Crippen LogP contribution in [0.3, 0.4) is 0 Å². The molecule has 0 amide bonds. The monoisotopic (exact) mass is 290 g/mol. The van der Waals surface area contributed by atoms with Crippen molar-refractivity contribution in [2.24, 2.45) is 17.3 Å². The molecule has 0 bridgehead atoms. The first-order valence-corrected chi connectivity index (χ1v) is 8.38. The molecule has 1 heterocycles. The van der Waals surface area contributed by atoms with E-state index in [1.54, 1.807) is 0 Å². The number of ketones is 1. The molecule has 0 aromatic carbocycles. The van der Waals surface area contributed by atoms with Gasteiger partial charge in [-0.05, 0) is 43.6 Å². The van der Waals surface area contributed by atoms with Gasteiger partial charge in [-0.3, -0.25) is 9.48 Å². The number of carbonyl (C=O) groups is 1. The molecule has 2 rings (SSSR count). The van der Waals surface area contributed by atoms with Crippen LogP contribution in [0.1, 0.15) is 72.0 Å². The van der Waals surface area contributed by atoms with E-state index >= 15 is 0 Å². The van der Waals surface area contributed by atoms with Crippen molar-refractivity contribution >= 4 is 5.78 Å². The smallest absolute Gasteiger partial charge is 0.136 e. The Morgan fingerprint density at radius 1 is 1.43 bits per heavy atom. The summed E-state index contributed by atoms with van der Waals surface area (Å²) in [6.07, 6.45) is 6.78. The van der Waals surface area contributed by atoms with Crippen LogP contribution >= 0.6 is 0 Å². The molecule has 0 saturated heterocycles. The quantitative estimate of drug-likeness (QED) is 0.822. The van der Waals surface area contributed by atoms with E-state index < -0.39 is 0 Å². The van der Waals surface area contributed by atoms with Crippen molar-refractivity contribution in [3.8, 4) is 0 Å². The number of nitrogens with zero attached hydrogens (tertiary/aromatic N) is 2. The highest BCUT2D eigenvalue weighted by atomic mass is 16.1. The van der Waals surface area contributed by atoms with Crippen molar-refractivity contribution in [2.45, 2.75) is 72.8 Å². The maximum Gasteiger partial charge on any atom is 0.136 e. The third-order valence-corrected chi connectivity index (χ3v) is 5.15. The third-order valence-electron chi connectivity index (χ3n) is 5.15. The maximum atomic E-state index is 12.2. The maximum absolute atomic E-state index is 12.2. The molecule has 21 heavy (non-hydrogen) atoms. The summed E-state index contributed by atoms with van der Waals surface area (Å²) in [5.41, 5.74) is 1.37. The van der Waals surface area contributed by atoms with Crippen LogP contribution in [0.5, 0.6) is 0 Å². The van der Waals surface area contributed by atoms with Gasteiger partial charge in [0.25, 0.3) is 0 Å². The fourth-order valence-electron chi connectivity index (χ4n) is 3.27. The molecule has 3 heteroatoms. The van der Waals surface area contributed by atoms with Crippen molar-refractivity contribution in [1.29, 1.82) is 0 Å². The Bertz CT molecular complexity index is 484. The number of aromatic nitrogens is 2. The van der Waals surface area contributed by atoms with Gasteiger partial charge in [-0.1, -0.05) is 27.7 Å². The molecule has 1 aliphatic carbocycles. The minimum atomic E-state index is 0.170. The largest absolute Gasteiger partial charge is 0.299 e. The normalized spacial score (nSPS) is 25.1. The third kappa shape index (κ3) is 3.96. The van der Waals surface area contributed by atoms with Crippen molar-refractivity contribution in [1.82, 2.24) is 9.78 Å². The Balaban J connectivity index is 2.03. The molecular weight excluding hydrogens is 260 g/mol.